The van der Waals surface area contributed by atoms with Gasteiger partial charge in [-0.2, -0.15) is 10.5 Å². The van der Waals surface area contributed by atoms with Gasteiger partial charge in [0, 0.05) is 0 Å². The molecule has 1 N–H and O–H groups in total. The third-order valence-corrected chi connectivity index (χ3v) is 3.01. The average molecular weight is 240 g/mol. The highest BCUT2D eigenvalue weighted by Crippen LogP contribution is 2.26. The van der Waals surface area contributed by atoms with Crippen LogP contribution in [0.25, 0.3) is 0 Å². The summed E-state index contributed by atoms with van der Waals surface area (Å²) in [6.07, 6.45) is 0. The molecule has 0 aliphatic rings. The molecule has 4 nitrogen and oxygen atoms in total. The molecule has 0 saturated heterocycles. The van der Waals surface area contributed by atoms with Crippen molar-refractivity contribution in [3.05, 3.63) is 39.7 Å². The lowest BCUT2D eigenvalue weighted by Crippen LogP contribution is -1.95. The second-order valence-electron chi connectivity index (χ2n) is 3.30. The predicted octanol–water partition coefficient (Wildman–Crippen LogP) is 2.94. The van der Waals surface area contributed by atoms with Crippen molar-refractivity contribution < 1.29 is 0 Å². The van der Waals surface area contributed by atoms with Gasteiger partial charge in [0.05, 0.1) is 16.3 Å². The Morgan fingerprint density at radius 1 is 1.24 bits per heavy atom. The molecule has 1 aromatic heterocycles. The van der Waals surface area contributed by atoms with Crippen LogP contribution in [0, 0.1) is 29.6 Å². The van der Waals surface area contributed by atoms with E-state index in [1.54, 1.807) is 18.2 Å². The smallest absolute Gasteiger partial charge is 0.159 e. The van der Waals surface area contributed by atoms with Gasteiger partial charge >= 0.3 is 0 Å². The summed E-state index contributed by atoms with van der Waals surface area (Å²) in [6, 6.07) is 11.3. The minimum Gasteiger partial charge on any atom is -0.337 e. The lowest BCUT2D eigenvalue weighted by Gasteiger charge is -2.04. The van der Waals surface area contributed by atoms with Crippen molar-refractivity contribution in [1.29, 1.82) is 10.5 Å². The maximum Gasteiger partial charge on any atom is 0.159 e. The van der Waals surface area contributed by atoms with Crippen LogP contribution in [0.4, 0.5) is 11.5 Å². The number of hydrogen-bond donors (Lipinski definition) is 1. The highest BCUT2D eigenvalue weighted by molar-refractivity contribution is 7.12. The van der Waals surface area contributed by atoms with Crippen LogP contribution >= 0.6 is 11.3 Å². The molecule has 2 rings (SSSR count). The number of aromatic nitrogens is 1. The van der Waals surface area contributed by atoms with Gasteiger partial charge in [0.15, 0.2) is 5.82 Å². The molecule has 0 aliphatic heterocycles. The van der Waals surface area contributed by atoms with E-state index in [1.165, 1.54) is 11.3 Å². The van der Waals surface area contributed by atoms with Crippen LogP contribution in [0.2, 0.25) is 0 Å². The molecule has 0 atom stereocenters. The number of thiazole rings is 1. The Hall–Kier alpha value is -2.37. The molecule has 0 fully saturated rings. The van der Waals surface area contributed by atoms with Crippen LogP contribution in [0.1, 0.15) is 15.4 Å². The SMILES string of the molecule is Cc1nc(Nc2ccccc2C#N)c(C#N)s1. The van der Waals surface area contributed by atoms with Crippen molar-refractivity contribution in [3.8, 4) is 12.1 Å². The number of anilines is 2. The average Bonchev–Trinajstić information content (AvgIpc) is 2.70. The first-order chi connectivity index (χ1) is 8.24. The van der Waals surface area contributed by atoms with Gasteiger partial charge in [-0.05, 0) is 19.1 Å². The van der Waals surface area contributed by atoms with Crippen LogP contribution < -0.4 is 5.32 Å². The second-order valence-corrected chi connectivity index (χ2v) is 4.51. The fourth-order valence-corrected chi connectivity index (χ4v) is 2.08. The summed E-state index contributed by atoms with van der Waals surface area (Å²) in [5, 5.41) is 21.7. The number of nitriles is 2. The molecule has 82 valence electrons. The Labute approximate surface area is 103 Å². The van der Waals surface area contributed by atoms with Gasteiger partial charge in [-0.1, -0.05) is 12.1 Å². The first kappa shape index (κ1) is 11.1. The van der Waals surface area contributed by atoms with Gasteiger partial charge in [0.25, 0.3) is 0 Å². The van der Waals surface area contributed by atoms with E-state index in [0.29, 0.717) is 21.9 Å². The van der Waals surface area contributed by atoms with Gasteiger partial charge in [-0.3, -0.25) is 0 Å². The number of hydrogen-bond acceptors (Lipinski definition) is 5. The Bertz CT molecular complexity index is 631. The number of rotatable bonds is 2. The largest absolute Gasteiger partial charge is 0.337 e. The Morgan fingerprint density at radius 3 is 2.71 bits per heavy atom. The summed E-state index contributed by atoms with van der Waals surface area (Å²) in [4.78, 5) is 4.75. The van der Waals surface area contributed by atoms with Crippen LogP contribution in [-0.2, 0) is 0 Å². The molecule has 1 aromatic carbocycles. The Balaban J connectivity index is 2.39. The van der Waals surface area contributed by atoms with Crippen molar-refractivity contribution in [2.24, 2.45) is 0 Å². The number of nitrogens with zero attached hydrogens (tertiary/aromatic N) is 3. The van der Waals surface area contributed by atoms with Crippen LogP contribution in [-0.4, -0.2) is 4.98 Å². The zero-order valence-electron chi connectivity index (χ0n) is 9.06. The summed E-state index contributed by atoms with van der Waals surface area (Å²) in [7, 11) is 0. The maximum absolute atomic E-state index is 8.96. The van der Waals surface area contributed by atoms with Gasteiger partial charge in [-0.15, -0.1) is 11.3 Å². The van der Waals surface area contributed by atoms with Gasteiger partial charge < -0.3 is 5.32 Å². The van der Waals surface area contributed by atoms with Gasteiger partial charge in [0.1, 0.15) is 17.0 Å². The van der Waals surface area contributed by atoms with E-state index in [4.69, 9.17) is 10.5 Å². The summed E-state index contributed by atoms with van der Waals surface area (Å²) < 4.78 is 0. The quantitative estimate of drug-likeness (QED) is 0.875. The third-order valence-electron chi connectivity index (χ3n) is 2.14. The van der Waals surface area contributed by atoms with E-state index in [2.05, 4.69) is 22.4 Å². The molecular formula is C12H8N4S. The lowest BCUT2D eigenvalue weighted by atomic mass is 10.2. The zero-order valence-corrected chi connectivity index (χ0v) is 9.88. The lowest BCUT2D eigenvalue weighted by molar-refractivity contribution is 1.28. The summed E-state index contributed by atoms with van der Waals surface area (Å²) in [5.41, 5.74) is 1.19. The van der Waals surface area contributed by atoms with Crippen molar-refractivity contribution >= 4 is 22.8 Å². The van der Waals surface area contributed by atoms with Gasteiger partial charge in [0.2, 0.25) is 0 Å². The highest BCUT2D eigenvalue weighted by Gasteiger charge is 2.10. The highest BCUT2D eigenvalue weighted by atomic mass is 32.1. The van der Waals surface area contributed by atoms with E-state index < -0.39 is 0 Å². The molecule has 0 amide bonds. The molecule has 2 aromatic rings. The molecule has 0 unspecified atom stereocenters. The first-order valence-corrected chi connectivity index (χ1v) is 5.70. The predicted molar refractivity (Wildman–Crippen MR) is 66.0 cm³/mol. The number of para-hydroxylation sites is 1. The molecule has 5 heteroatoms. The summed E-state index contributed by atoms with van der Waals surface area (Å²) in [5.74, 6) is 0.512. The normalized spacial score (nSPS) is 9.35. The Kier molecular flexibility index (Phi) is 3.04. The molecule has 1 heterocycles. The molecule has 0 bridgehead atoms. The van der Waals surface area contributed by atoms with E-state index in [9.17, 15) is 0 Å². The molecule has 0 radical (unpaired) electrons. The van der Waals surface area contributed by atoms with Crippen molar-refractivity contribution in [2.45, 2.75) is 6.92 Å². The third kappa shape index (κ3) is 2.25. The van der Waals surface area contributed by atoms with Crippen LogP contribution in [0.15, 0.2) is 24.3 Å². The number of nitrogens with one attached hydrogen (secondary N) is 1. The maximum atomic E-state index is 8.96. The van der Waals surface area contributed by atoms with Crippen molar-refractivity contribution in [2.75, 3.05) is 5.32 Å². The summed E-state index contributed by atoms with van der Waals surface area (Å²) in [6.45, 7) is 1.84. The standard InChI is InChI=1S/C12H8N4S/c1-8-15-12(11(7-14)17-8)16-10-5-3-2-4-9(10)6-13/h2-5,16H,1H3. The fourth-order valence-electron chi connectivity index (χ4n) is 1.40. The number of benzene rings is 1. The van der Waals surface area contributed by atoms with E-state index >= 15 is 0 Å². The Morgan fingerprint density at radius 2 is 2.00 bits per heavy atom. The van der Waals surface area contributed by atoms with E-state index in [1.807, 2.05) is 13.0 Å². The molecule has 0 spiro atoms. The first-order valence-electron chi connectivity index (χ1n) is 4.88. The minimum atomic E-state index is 0.512. The molecule has 17 heavy (non-hydrogen) atoms. The molecule has 0 saturated carbocycles. The van der Waals surface area contributed by atoms with Gasteiger partial charge in [-0.25, -0.2) is 4.98 Å². The monoisotopic (exact) mass is 240 g/mol. The van der Waals surface area contributed by atoms with Crippen molar-refractivity contribution in [1.82, 2.24) is 4.98 Å². The molecule has 0 aliphatic carbocycles. The fraction of sp³-hybridized carbons (Fsp3) is 0.0833. The number of aryl methyl sites for hydroxylation is 1. The van der Waals surface area contributed by atoms with E-state index in [0.717, 1.165) is 5.01 Å². The summed E-state index contributed by atoms with van der Waals surface area (Å²) >= 11 is 1.33. The zero-order chi connectivity index (χ0) is 12.3. The van der Waals surface area contributed by atoms with Crippen LogP contribution in [0.3, 0.4) is 0 Å². The van der Waals surface area contributed by atoms with E-state index in [-0.39, 0.29) is 0 Å². The van der Waals surface area contributed by atoms with Crippen molar-refractivity contribution in [3.63, 3.8) is 0 Å². The molecular weight excluding hydrogens is 232 g/mol. The minimum absolute atomic E-state index is 0.512. The topological polar surface area (TPSA) is 72.5 Å². The van der Waals surface area contributed by atoms with Crippen LogP contribution in [0.5, 0.6) is 0 Å². The second kappa shape index (κ2) is 4.65.